The van der Waals surface area contributed by atoms with Gasteiger partial charge in [0.1, 0.15) is 0 Å². The third-order valence-electron chi connectivity index (χ3n) is 2.85. The zero-order chi connectivity index (χ0) is 9.42. The molecule has 1 aliphatic rings. The lowest BCUT2D eigenvalue weighted by Crippen LogP contribution is -2.22. The minimum atomic E-state index is 0.633. The van der Waals surface area contributed by atoms with Crippen LogP contribution in [0.5, 0.6) is 0 Å². The van der Waals surface area contributed by atoms with Crippen LogP contribution in [-0.2, 0) is 6.42 Å². The lowest BCUT2D eigenvalue weighted by atomic mass is 9.93. The fourth-order valence-electron chi connectivity index (χ4n) is 2.16. The van der Waals surface area contributed by atoms with Crippen molar-refractivity contribution in [3.8, 4) is 0 Å². The Morgan fingerprint density at radius 1 is 1.31 bits per heavy atom. The monoisotopic (exact) mass is 175 g/mol. The molecule has 1 N–H and O–H groups in total. The molecule has 0 saturated carbocycles. The Morgan fingerprint density at radius 3 is 2.85 bits per heavy atom. The summed E-state index contributed by atoms with van der Waals surface area (Å²) in [5.41, 5.74) is 5.67. The topological polar surface area (TPSA) is 12.0 Å². The molecule has 0 unspecified atom stereocenters. The summed E-state index contributed by atoms with van der Waals surface area (Å²) in [6, 6.07) is 5.17. The molecule has 0 amide bonds. The molecule has 0 aliphatic carbocycles. The molecule has 0 aromatic heterocycles. The molecule has 70 valence electrons. The second-order valence-corrected chi connectivity index (χ2v) is 4.19. The van der Waals surface area contributed by atoms with Crippen LogP contribution in [0, 0.1) is 13.8 Å². The van der Waals surface area contributed by atoms with Gasteiger partial charge in [-0.3, -0.25) is 0 Å². The number of fused-ring (bicyclic) bond motifs is 1. The van der Waals surface area contributed by atoms with Gasteiger partial charge in [-0.1, -0.05) is 6.07 Å². The van der Waals surface area contributed by atoms with Gasteiger partial charge in [-0.05, 0) is 56.4 Å². The van der Waals surface area contributed by atoms with E-state index in [2.05, 4.69) is 38.2 Å². The molecule has 1 heterocycles. The van der Waals surface area contributed by atoms with Gasteiger partial charge in [-0.2, -0.15) is 0 Å². The van der Waals surface area contributed by atoms with Gasteiger partial charge in [0.05, 0.1) is 0 Å². The summed E-state index contributed by atoms with van der Waals surface area (Å²) >= 11 is 0. The Balaban J connectivity index is 2.47. The third kappa shape index (κ3) is 1.55. The first-order valence-corrected chi connectivity index (χ1v) is 5.03. The maximum atomic E-state index is 3.54. The molecule has 0 bridgehead atoms. The summed E-state index contributed by atoms with van der Waals surface area (Å²) in [5, 5.41) is 3.54. The van der Waals surface area contributed by atoms with Crippen LogP contribution in [0.25, 0.3) is 0 Å². The van der Waals surface area contributed by atoms with Gasteiger partial charge in [0.25, 0.3) is 0 Å². The first-order chi connectivity index (χ1) is 6.16. The molecule has 1 heteroatoms. The SMILES string of the molecule is Cc1cc(C)c2c(c1)N[C@@H](C)CC2. The van der Waals surface area contributed by atoms with Crippen LogP contribution in [0.4, 0.5) is 5.69 Å². The third-order valence-corrected chi connectivity index (χ3v) is 2.85. The molecule has 1 nitrogen and oxygen atoms in total. The molecule has 13 heavy (non-hydrogen) atoms. The predicted octanol–water partition coefficient (Wildman–Crippen LogP) is 3.05. The fourth-order valence-corrected chi connectivity index (χ4v) is 2.16. The van der Waals surface area contributed by atoms with E-state index in [1.54, 1.807) is 0 Å². The molecule has 1 aromatic carbocycles. The van der Waals surface area contributed by atoms with Crippen molar-refractivity contribution in [1.82, 2.24) is 0 Å². The number of nitrogens with one attached hydrogen (secondary N) is 1. The highest BCUT2D eigenvalue weighted by Gasteiger charge is 2.15. The minimum absolute atomic E-state index is 0.633. The largest absolute Gasteiger partial charge is 0.382 e. The van der Waals surface area contributed by atoms with Crippen LogP contribution >= 0.6 is 0 Å². The standard InChI is InChI=1S/C12H17N/c1-8-6-9(2)11-5-4-10(3)13-12(11)7-8/h6-7,10,13H,4-5H2,1-3H3/t10-/m0/s1. The lowest BCUT2D eigenvalue weighted by molar-refractivity contribution is 0.678. The van der Waals surface area contributed by atoms with E-state index in [0.29, 0.717) is 6.04 Å². The zero-order valence-corrected chi connectivity index (χ0v) is 8.65. The maximum Gasteiger partial charge on any atom is 0.0380 e. The summed E-state index contributed by atoms with van der Waals surface area (Å²) in [7, 11) is 0. The minimum Gasteiger partial charge on any atom is -0.382 e. The number of aryl methyl sites for hydroxylation is 2. The summed E-state index contributed by atoms with van der Waals surface area (Å²) in [4.78, 5) is 0. The summed E-state index contributed by atoms with van der Waals surface area (Å²) in [6.45, 7) is 6.62. The maximum absolute atomic E-state index is 3.54. The van der Waals surface area contributed by atoms with E-state index in [-0.39, 0.29) is 0 Å². The molecule has 0 fully saturated rings. The molecule has 1 aromatic rings. The first kappa shape index (κ1) is 8.61. The van der Waals surface area contributed by atoms with Crippen molar-refractivity contribution in [2.45, 2.75) is 39.7 Å². The zero-order valence-electron chi connectivity index (χ0n) is 8.65. The van der Waals surface area contributed by atoms with Crippen molar-refractivity contribution in [3.05, 3.63) is 28.8 Å². The van der Waals surface area contributed by atoms with E-state index < -0.39 is 0 Å². The Morgan fingerprint density at radius 2 is 2.08 bits per heavy atom. The number of hydrogen-bond donors (Lipinski definition) is 1. The summed E-state index contributed by atoms with van der Waals surface area (Å²) < 4.78 is 0. The van der Waals surface area contributed by atoms with Crippen molar-refractivity contribution in [1.29, 1.82) is 0 Å². The van der Waals surface area contributed by atoms with Gasteiger partial charge in [-0.25, -0.2) is 0 Å². The fraction of sp³-hybridized carbons (Fsp3) is 0.500. The van der Waals surface area contributed by atoms with Crippen molar-refractivity contribution >= 4 is 5.69 Å². The number of anilines is 1. The molecule has 2 rings (SSSR count). The van der Waals surface area contributed by atoms with Gasteiger partial charge in [0.15, 0.2) is 0 Å². The van der Waals surface area contributed by atoms with Gasteiger partial charge >= 0.3 is 0 Å². The van der Waals surface area contributed by atoms with Crippen LogP contribution in [0.3, 0.4) is 0 Å². The van der Waals surface area contributed by atoms with Crippen molar-refractivity contribution in [2.75, 3.05) is 5.32 Å². The Kier molecular flexibility index (Phi) is 2.03. The van der Waals surface area contributed by atoms with Crippen LogP contribution in [0.1, 0.15) is 30.0 Å². The number of benzene rings is 1. The van der Waals surface area contributed by atoms with E-state index in [1.807, 2.05) is 0 Å². The van der Waals surface area contributed by atoms with E-state index >= 15 is 0 Å². The van der Waals surface area contributed by atoms with Crippen LogP contribution in [0.15, 0.2) is 12.1 Å². The molecule has 0 spiro atoms. The van der Waals surface area contributed by atoms with Gasteiger partial charge in [0.2, 0.25) is 0 Å². The van der Waals surface area contributed by atoms with Crippen LogP contribution in [-0.4, -0.2) is 6.04 Å². The summed E-state index contributed by atoms with van der Waals surface area (Å²) in [6.07, 6.45) is 2.49. The van der Waals surface area contributed by atoms with Crippen LogP contribution < -0.4 is 5.32 Å². The van der Waals surface area contributed by atoms with Crippen molar-refractivity contribution < 1.29 is 0 Å². The average Bonchev–Trinajstić information content (AvgIpc) is 2.02. The van der Waals surface area contributed by atoms with E-state index in [4.69, 9.17) is 0 Å². The van der Waals surface area contributed by atoms with Gasteiger partial charge in [-0.15, -0.1) is 0 Å². The highest BCUT2D eigenvalue weighted by molar-refractivity contribution is 5.58. The van der Waals surface area contributed by atoms with E-state index in [0.717, 1.165) is 0 Å². The second kappa shape index (κ2) is 3.06. The van der Waals surface area contributed by atoms with E-state index in [1.165, 1.54) is 35.2 Å². The predicted molar refractivity (Wildman–Crippen MR) is 57.3 cm³/mol. The van der Waals surface area contributed by atoms with Crippen molar-refractivity contribution in [2.24, 2.45) is 0 Å². The van der Waals surface area contributed by atoms with Crippen molar-refractivity contribution in [3.63, 3.8) is 0 Å². The molecule has 1 aliphatic heterocycles. The highest BCUT2D eigenvalue weighted by Crippen LogP contribution is 2.28. The Bertz CT molecular complexity index is 328. The average molecular weight is 175 g/mol. The quantitative estimate of drug-likeness (QED) is 0.639. The normalized spacial score (nSPS) is 20.7. The molecular weight excluding hydrogens is 158 g/mol. The van der Waals surface area contributed by atoms with Gasteiger partial charge < -0.3 is 5.32 Å². The Labute approximate surface area is 80.2 Å². The molecule has 0 radical (unpaired) electrons. The van der Waals surface area contributed by atoms with E-state index in [9.17, 15) is 0 Å². The smallest absolute Gasteiger partial charge is 0.0380 e. The summed E-state index contributed by atoms with van der Waals surface area (Å²) in [5.74, 6) is 0. The Hall–Kier alpha value is -0.980. The molecule has 0 saturated heterocycles. The molecule has 1 atom stereocenters. The highest BCUT2D eigenvalue weighted by atomic mass is 14.9. The second-order valence-electron chi connectivity index (χ2n) is 4.19. The first-order valence-electron chi connectivity index (χ1n) is 5.03. The molecular formula is C12H17N. The van der Waals surface area contributed by atoms with Crippen LogP contribution in [0.2, 0.25) is 0 Å². The number of hydrogen-bond acceptors (Lipinski definition) is 1. The lowest BCUT2D eigenvalue weighted by Gasteiger charge is -2.26. The number of rotatable bonds is 0. The van der Waals surface area contributed by atoms with Gasteiger partial charge in [0, 0.05) is 11.7 Å².